The van der Waals surface area contributed by atoms with Crippen LogP contribution in [0.5, 0.6) is 11.5 Å². The molecule has 4 rings (SSSR count). The van der Waals surface area contributed by atoms with E-state index in [0.29, 0.717) is 5.13 Å². The molecule has 4 aromatic rings. The Labute approximate surface area is 167 Å². The van der Waals surface area contributed by atoms with E-state index >= 15 is 0 Å². The third-order valence-corrected chi connectivity index (χ3v) is 5.23. The Bertz CT molecular complexity index is 1150. The van der Waals surface area contributed by atoms with Crippen molar-refractivity contribution >= 4 is 33.6 Å². The number of nitrogens with one attached hydrogen (secondary N) is 1. The van der Waals surface area contributed by atoms with E-state index in [0.717, 1.165) is 28.3 Å². The van der Waals surface area contributed by atoms with Crippen molar-refractivity contribution in [2.75, 3.05) is 19.6 Å². The first-order valence-corrected chi connectivity index (χ1v) is 9.58. The molecule has 2 heterocycles. The highest BCUT2D eigenvalue weighted by Crippen LogP contribution is 2.34. The van der Waals surface area contributed by atoms with Gasteiger partial charge in [0.25, 0.3) is 0 Å². The molecule has 6 nitrogen and oxygen atoms in total. The smallest absolute Gasteiger partial charge is 0.203 e. The summed E-state index contributed by atoms with van der Waals surface area (Å²) in [6.45, 7) is 0. The van der Waals surface area contributed by atoms with Gasteiger partial charge in [0.05, 0.1) is 26.1 Å². The minimum absolute atomic E-state index is 0.712. The molecule has 7 heteroatoms. The van der Waals surface area contributed by atoms with Gasteiger partial charge in [-0.2, -0.15) is 5.10 Å². The van der Waals surface area contributed by atoms with E-state index in [1.54, 1.807) is 14.2 Å². The van der Waals surface area contributed by atoms with Crippen LogP contribution < -0.4 is 14.9 Å². The Hall–Kier alpha value is -3.32. The van der Waals surface area contributed by atoms with E-state index in [4.69, 9.17) is 9.47 Å². The predicted octanol–water partition coefficient (Wildman–Crippen LogP) is 4.77. The fourth-order valence-electron chi connectivity index (χ4n) is 3.09. The van der Waals surface area contributed by atoms with Crippen molar-refractivity contribution in [2.24, 2.45) is 12.1 Å². The third-order valence-electron chi connectivity index (χ3n) is 4.48. The highest BCUT2D eigenvalue weighted by atomic mass is 32.1. The van der Waals surface area contributed by atoms with Crippen LogP contribution in [0, 0.1) is 0 Å². The highest BCUT2D eigenvalue weighted by Gasteiger charge is 2.11. The van der Waals surface area contributed by atoms with Crippen LogP contribution in [0.2, 0.25) is 0 Å². The van der Waals surface area contributed by atoms with E-state index in [-0.39, 0.29) is 0 Å². The molecule has 2 aromatic heterocycles. The number of benzene rings is 2. The second-order valence-electron chi connectivity index (χ2n) is 6.19. The summed E-state index contributed by atoms with van der Waals surface area (Å²) < 4.78 is 12.8. The largest absolute Gasteiger partial charge is 0.497 e. The van der Waals surface area contributed by atoms with E-state index in [1.165, 1.54) is 22.2 Å². The number of thiazole rings is 1. The number of methoxy groups -OCH3 is 2. The number of hydrogen-bond donors (Lipinski definition) is 1. The zero-order valence-electron chi connectivity index (χ0n) is 15.8. The standard InChI is InChI=1S/C21H20N4O2S/c1-25-12-14(16-6-4-5-7-19(16)25)11-22-24-21-23-18(13-28-21)17-9-8-15(26-2)10-20(17)27-3/h4-13H,1-3H3,(H,23,24)/b22-11-. The second-order valence-corrected chi connectivity index (χ2v) is 7.04. The van der Waals surface area contributed by atoms with Gasteiger partial charge in [0.2, 0.25) is 5.13 Å². The van der Waals surface area contributed by atoms with Gasteiger partial charge >= 0.3 is 0 Å². The van der Waals surface area contributed by atoms with E-state index in [2.05, 4.69) is 38.4 Å². The molecule has 0 amide bonds. The van der Waals surface area contributed by atoms with Crippen molar-refractivity contribution in [3.05, 3.63) is 59.6 Å². The summed E-state index contributed by atoms with van der Waals surface area (Å²) in [7, 11) is 5.30. The Balaban J connectivity index is 1.53. The first-order chi connectivity index (χ1) is 13.7. The summed E-state index contributed by atoms with van der Waals surface area (Å²) in [5.41, 5.74) is 6.98. The summed E-state index contributed by atoms with van der Waals surface area (Å²) >= 11 is 1.49. The molecule has 0 aliphatic carbocycles. The monoisotopic (exact) mass is 392 g/mol. The van der Waals surface area contributed by atoms with Crippen LogP contribution in [0.15, 0.2) is 59.1 Å². The number of anilines is 1. The lowest BCUT2D eigenvalue weighted by Gasteiger charge is -2.08. The minimum atomic E-state index is 0.712. The first-order valence-electron chi connectivity index (χ1n) is 8.70. The Kier molecular flexibility index (Phi) is 4.99. The van der Waals surface area contributed by atoms with Gasteiger partial charge in [-0.3, -0.25) is 5.43 Å². The number of fused-ring (bicyclic) bond motifs is 1. The van der Waals surface area contributed by atoms with Gasteiger partial charge in [0, 0.05) is 46.7 Å². The van der Waals surface area contributed by atoms with Crippen molar-refractivity contribution in [1.82, 2.24) is 9.55 Å². The number of aryl methyl sites for hydroxylation is 1. The molecule has 0 spiro atoms. The number of ether oxygens (including phenoxy) is 2. The topological polar surface area (TPSA) is 60.7 Å². The molecule has 0 radical (unpaired) electrons. The first kappa shape index (κ1) is 18.1. The molecule has 0 bridgehead atoms. The average Bonchev–Trinajstić information content (AvgIpc) is 3.33. The summed E-state index contributed by atoms with van der Waals surface area (Å²) in [4.78, 5) is 4.61. The average molecular weight is 392 g/mol. The lowest BCUT2D eigenvalue weighted by Crippen LogP contribution is -1.92. The van der Waals surface area contributed by atoms with Crippen LogP contribution in [0.1, 0.15) is 5.56 Å². The molecule has 1 N–H and O–H groups in total. The molecule has 0 fully saturated rings. The fraction of sp³-hybridized carbons (Fsp3) is 0.143. The SMILES string of the molecule is COc1ccc(-c2csc(N/N=C\c3cn(C)c4ccccc34)n2)c(OC)c1. The van der Waals surface area contributed by atoms with Gasteiger partial charge in [-0.1, -0.05) is 18.2 Å². The van der Waals surface area contributed by atoms with Crippen molar-refractivity contribution in [3.8, 4) is 22.8 Å². The predicted molar refractivity (Wildman–Crippen MR) is 115 cm³/mol. The molecule has 142 valence electrons. The Morgan fingerprint density at radius 3 is 2.82 bits per heavy atom. The van der Waals surface area contributed by atoms with Gasteiger partial charge in [-0.25, -0.2) is 4.98 Å². The second kappa shape index (κ2) is 7.74. The highest BCUT2D eigenvalue weighted by molar-refractivity contribution is 7.14. The van der Waals surface area contributed by atoms with E-state index < -0.39 is 0 Å². The number of rotatable bonds is 6. The molecular formula is C21H20N4O2S. The quantitative estimate of drug-likeness (QED) is 0.379. The number of aromatic nitrogens is 2. The van der Waals surface area contributed by atoms with Gasteiger partial charge in [0.15, 0.2) is 0 Å². The van der Waals surface area contributed by atoms with Crippen molar-refractivity contribution in [1.29, 1.82) is 0 Å². The normalized spacial score (nSPS) is 11.2. The van der Waals surface area contributed by atoms with Crippen LogP contribution in [0.4, 0.5) is 5.13 Å². The molecule has 0 saturated heterocycles. The minimum Gasteiger partial charge on any atom is -0.497 e. The van der Waals surface area contributed by atoms with Crippen LogP contribution in [-0.2, 0) is 7.05 Å². The summed E-state index contributed by atoms with van der Waals surface area (Å²) in [5, 5.41) is 8.21. The van der Waals surface area contributed by atoms with Gasteiger partial charge in [-0.15, -0.1) is 11.3 Å². The fourth-order valence-corrected chi connectivity index (χ4v) is 3.75. The lowest BCUT2D eigenvalue weighted by atomic mass is 10.1. The molecular weight excluding hydrogens is 372 g/mol. The maximum absolute atomic E-state index is 5.47. The maximum atomic E-state index is 5.47. The Morgan fingerprint density at radius 1 is 1.14 bits per heavy atom. The third kappa shape index (κ3) is 3.44. The molecule has 0 unspecified atom stereocenters. The summed E-state index contributed by atoms with van der Waals surface area (Å²) in [5.74, 6) is 1.46. The molecule has 0 atom stereocenters. The van der Waals surface area contributed by atoms with Crippen LogP contribution in [-0.4, -0.2) is 30.0 Å². The van der Waals surface area contributed by atoms with Crippen LogP contribution in [0.3, 0.4) is 0 Å². The van der Waals surface area contributed by atoms with Gasteiger partial charge in [-0.05, 0) is 18.2 Å². The molecule has 0 saturated carbocycles. The number of hydrogen-bond acceptors (Lipinski definition) is 6. The lowest BCUT2D eigenvalue weighted by molar-refractivity contribution is 0.395. The van der Waals surface area contributed by atoms with Crippen molar-refractivity contribution < 1.29 is 9.47 Å². The van der Waals surface area contributed by atoms with Crippen LogP contribution >= 0.6 is 11.3 Å². The molecule has 28 heavy (non-hydrogen) atoms. The zero-order valence-corrected chi connectivity index (χ0v) is 16.7. The van der Waals surface area contributed by atoms with Crippen molar-refractivity contribution in [2.45, 2.75) is 0 Å². The molecule has 2 aromatic carbocycles. The van der Waals surface area contributed by atoms with E-state index in [1.807, 2.05) is 49.0 Å². The van der Waals surface area contributed by atoms with Gasteiger partial charge in [0.1, 0.15) is 11.5 Å². The van der Waals surface area contributed by atoms with Crippen molar-refractivity contribution in [3.63, 3.8) is 0 Å². The zero-order chi connectivity index (χ0) is 19.5. The number of para-hydroxylation sites is 1. The van der Waals surface area contributed by atoms with E-state index in [9.17, 15) is 0 Å². The number of hydrazone groups is 1. The molecule has 0 aliphatic rings. The number of nitrogens with zero attached hydrogens (tertiary/aromatic N) is 3. The summed E-state index contributed by atoms with van der Waals surface area (Å²) in [6, 6.07) is 13.9. The maximum Gasteiger partial charge on any atom is 0.203 e. The summed E-state index contributed by atoms with van der Waals surface area (Å²) in [6.07, 6.45) is 3.88. The molecule has 0 aliphatic heterocycles. The van der Waals surface area contributed by atoms with Crippen LogP contribution in [0.25, 0.3) is 22.2 Å². The Morgan fingerprint density at radius 2 is 2.00 bits per heavy atom. The van der Waals surface area contributed by atoms with Gasteiger partial charge < -0.3 is 14.0 Å².